The second-order valence-corrected chi connectivity index (χ2v) is 19.0. The van der Waals surface area contributed by atoms with Crippen LogP contribution in [0.2, 0.25) is 0 Å². The second kappa shape index (κ2) is 15.9. The third kappa shape index (κ3) is 6.49. The molecule has 308 valence electrons. The van der Waals surface area contributed by atoms with Crippen LogP contribution in [-0.2, 0) is 4.57 Å². The van der Waals surface area contributed by atoms with Crippen molar-refractivity contribution in [3.63, 3.8) is 0 Å². The maximum absolute atomic E-state index is 16.3. The van der Waals surface area contributed by atoms with E-state index in [1.807, 2.05) is 36.4 Å². The maximum Gasteiger partial charge on any atom is 0.235 e. The topological polar surface area (TPSA) is 26.8 Å². The zero-order valence-corrected chi connectivity index (χ0v) is 36.3. The number of anilines is 8. The van der Waals surface area contributed by atoms with Crippen molar-refractivity contribution in [1.82, 2.24) is 0 Å². The molecule has 0 unspecified atom stereocenters. The minimum absolute atomic E-state index is 0.862. The normalized spacial score (nSPS) is 12.8. The summed E-state index contributed by atoms with van der Waals surface area (Å²) in [6.07, 6.45) is 0. The van der Waals surface area contributed by atoms with Gasteiger partial charge in [-0.25, -0.2) is 0 Å². The third-order valence-electron chi connectivity index (χ3n) is 12.7. The summed E-state index contributed by atoms with van der Waals surface area (Å²) in [5.41, 5.74) is 17.0. The molecule has 0 aromatic heterocycles. The fraction of sp³-hybridized carbons (Fsp3) is 0. The van der Waals surface area contributed by atoms with E-state index in [9.17, 15) is 0 Å². The molecule has 0 fully saturated rings. The first-order valence-electron chi connectivity index (χ1n) is 22.0. The van der Waals surface area contributed by atoms with Gasteiger partial charge in [0.1, 0.15) is 0 Å². The molecule has 10 aromatic rings. The summed E-state index contributed by atoms with van der Waals surface area (Å²) in [6.45, 7) is 0. The van der Waals surface area contributed by atoms with Gasteiger partial charge in [0.25, 0.3) is 0 Å². The van der Waals surface area contributed by atoms with Crippen molar-refractivity contribution in [2.75, 3.05) is 14.5 Å². The first kappa shape index (κ1) is 38.5. The minimum atomic E-state index is -3.37. The molecule has 0 N–H and O–H groups in total. The highest BCUT2D eigenvalue weighted by Gasteiger charge is 2.47. The molecule has 0 atom stereocenters. The van der Waals surface area contributed by atoms with Crippen LogP contribution in [0.3, 0.4) is 0 Å². The molecule has 4 nitrogen and oxygen atoms in total. The van der Waals surface area contributed by atoms with E-state index in [1.54, 1.807) is 0 Å². The Bertz CT molecular complexity index is 3090. The van der Waals surface area contributed by atoms with Crippen LogP contribution in [0, 0.1) is 0 Å². The van der Waals surface area contributed by atoms with Crippen molar-refractivity contribution in [3.8, 4) is 44.5 Å². The summed E-state index contributed by atoms with van der Waals surface area (Å²) in [4.78, 5) is 4.56. The molecule has 0 aliphatic carbocycles. The van der Waals surface area contributed by atoms with Gasteiger partial charge in [-0.1, -0.05) is 146 Å². The number of hydrogen-bond acceptors (Lipinski definition) is 3. The molecule has 2 aliphatic rings. The molecule has 10 aromatic carbocycles. The van der Waals surface area contributed by atoms with E-state index in [0.29, 0.717) is 0 Å². The molecule has 12 rings (SSSR count). The SMILES string of the molecule is O=P12c3ccccc3-c3cc(-c4ccc(N(c5ccccc5)c5ccccc5)cc4)ccc3N1c1ccc(-c3ccc(N(c4ccccc4)c4ccccc4)cc3)cc1-c1ccccc12. The molecule has 2 aliphatic heterocycles. The Kier molecular flexibility index (Phi) is 9.40. The number of nitrogens with zero attached hydrogens (tertiary/aromatic N) is 3. The molecular formula is C60H42N3OP. The lowest BCUT2D eigenvalue weighted by molar-refractivity contribution is 0.586. The van der Waals surface area contributed by atoms with Crippen molar-refractivity contribution in [3.05, 3.63) is 255 Å². The fourth-order valence-corrected chi connectivity index (χ4v) is 13.0. The highest BCUT2D eigenvalue weighted by molar-refractivity contribution is 7.81. The number of rotatable bonds is 8. The standard InChI is InChI=1S/C60H42N3OP/c64-65-59-27-15-13-25-53(59)55-41-45(43-29-35-51(36-30-43)61(47-17-5-1-6-18-47)48-19-7-2-8-20-48)33-39-57(55)63(65)58-40-34-46(42-56(58)54-26-14-16-28-60(54)65)44-31-37-52(38-32-44)62(49-21-9-3-10-22-49)50-23-11-4-12-24-50/h1-42H. The average Bonchev–Trinajstić information content (AvgIpc) is 3.38. The molecule has 65 heavy (non-hydrogen) atoms. The van der Waals surface area contributed by atoms with Crippen molar-refractivity contribution >= 4 is 63.4 Å². The lowest BCUT2D eigenvalue weighted by Gasteiger charge is -2.44. The number of benzene rings is 10. The molecule has 0 bridgehead atoms. The van der Waals surface area contributed by atoms with Crippen LogP contribution >= 0.6 is 7.29 Å². The van der Waals surface area contributed by atoms with Crippen LogP contribution in [0.1, 0.15) is 0 Å². The highest BCUT2D eigenvalue weighted by Crippen LogP contribution is 2.66. The van der Waals surface area contributed by atoms with Gasteiger partial charge in [0.05, 0.1) is 11.4 Å². The number of fused-ring (bicyclic) bond motifs is 11. The Hall–Kier alpha value is -8.17. The molecule has 5 heteroatoms. The predicted molar refractivity (Wildman–Crippen MR) is 273 cm³/mol. The summed E-state index contributed by atoms with van der Waals surface area (Å²) >= 11 is 0. The number of para-hydroxylation sites is 4. The Labute approximate surface area is 380 Å². The van der Waals surface area contributed by atoms with Gasteiger partial charge in [0.15, 0.2) is 0 Å². The molecule has 2 heterocycles. The minimum Gasteiger partial charge on any atom is -0.311 e. The lowest BCUT2D eigenvalue weighted by atomic mass is 9.94. The summed E-state index contributed by atoms with van der Waals surface area (Å²) in [5.74, 6) is 0. The fourth-order valence-electron chi connectivity index (χ4n) is 9.75. The van der Waals surface area contributed by atoms with Gasteiger partial charge in [-0.05, 0) is 143 Å². The van der Waals surface area contributed by atoms with Crippen molar-refractivity contribution in [1.29, 1.82) is 0 Å². The van der Waals surface area contributed by atoms with Crippen molar-refractivity contribution in [2.45, 2.75) is 0 Å². The maximum atomic E-state index is 16.3. The molecule has 0 saturated carbocycles. The van der Waals surface area contributed by atoms with Crippen LogP contribution in [0.4, 0.5) is 45.5 Å². The molecule has 0 radical (unpaired) electrons. The average molecular weight is 852 g/mol. The van der Waals surface area contributed by atoms with Gasteiger partial charge in [-0.3, -0.25) is 9.24 Å². The first-order valence-corrected chi connectivity index (χ1v) is 23.7. The Morgan fingerprint density at radius 3 is 0.923 bits per heavy atom. The Morgan fingerprint density at radius 1 is 0.277 bits per heavy atom. The van der Waals surface area contributed by atoms with Gasteiger partial charge in [-0.15, -0.1) is 0 Å². The monoisotopic (exact) mass is 851 g/mol. The first-order chi connectivity index (χ1) is 32.1. The van der Waals surface area contributed by atoms with Gasteiger partial charge in [-0.2, -0.15) is 0 Å². The van der Waals surface area contributed by atoms with Crippen LogP contribution in [0.5, 0.6) is 0 Å². The van der Waals surface area contributed by atoms with Gasteiger partial charge in [0, 0.05) is 55.9 Å². The zero-order chi connectivity index (χ0) is 43.3. The van der Waals surface area contributed by atoms with Gasteiger partial charge >= 0.3 is 0 Å². The van der Waals surface area contributed by atoms with Crippen LogP contribution in [0.15, 0.2) is 255 Å². The molecule has 0 spiro atoms. The van der Waals surface area contributed by atoms with E-state index in [0.717, 1.165) is 101 Å². The van der Waals surface area contributed by atoms with Gasteiger partial charge in [0.2, 0.25) is 7.29 Å². The van der Waals surface area contributed by atoms with Crippen LogP contribution in [-0.4, -0.2) is 0 Å². The highest BCUT2D eigenvalue weighted by atomic mass is 31.2. The van der Waals surface area contributed by atoms with E-state index in [2.05, 4.69) is 233 Å². The largest absolute Gasteiger partial charge is 0.311 e. The van der Waals surface area contributed by atoms with Crippen molar-refractivity contribution < 1.29 is 4.57 Å². The van der Waals surface area contributed by atoms with E-state index in [1.165, 1.54) is 0 Å². The molecular weight excluding hydrogens is 810 g/mol. The molecule has 0 saturated heterocycles. The summed E-state index contributed by atoms with van der Waals surface area (Å²) in [7, 11) is -3.37. The number of hydrogen-bond donors (Lipinski definition) is 0. The van der Waals surface area contributed by atoms with Crippen molar-refractivity contribution in [2.24, 2.45) is 0 Å². The van der Waals surface area contributed by atoms with E-state index in [4.69, 9.17) is 0 Å². The zero-order valence-electron chi connectivity index (χ0n) is 35.4. The second-order valence-electron chi connectivity index (χ2n) is 16.5. The lowest BCUT2D eigenvalue weighted by Crippen LogP contribution is -2.37. The van der Waals surface area contributed by atoms with E-state index >= 15 is 4.57 Å². The quantitative estimate of drug-likeness (QED) is 0.142. The predicted octanol–water partition coefficient (Wildman–Crippen LogP) is 16.0. The summed E-state index contributed by atoms with van der Waals surface area (Å²) in [6, 6.07) is 89.4. The Morgan fingerprint density at radius 2 is 0.569 bits per heavy atom. The third-order valence-corrected chi connectivity index (χ3v) is 15.8. The van der Waals surface area contributed by atoms with Gasteiger partial charge < -0.3 is 9.80 Å². The smallest absolute Gasteiger partial charge is 0.235 e. The Balaban J connectivity index is 0.940. The van der Waals surface area contributed by atoms with E-state index < -0.39 is 7.29 Å². The van der Waals surface area contributed by atoms with E-state index in [-0.39, 0.29) is 0 Å². The summed E-state index contributed by atoms with van der Waals surface area (Å²) in [5, 5.41) is 1.72. The molecule has 0 amide bonds. The van der Waals surface area contributed by atoms with Crippen LogP contribution in [0.25, 0.3) is 44.5 Å². The van der Waals surface area contributed by atoms with Crippen LogP contribution < -0.4 is 25.1 Å². The summed E-state index contributed by atoms with van der Waals surface area (Å²) < 4.78 is 18.4.